The van der Waals surface area contributed by atoms with E-state index in [1.165, 1.54) is 5.17 Å². The number of hydroxylamine groups is 1. The van der Waals surface area contributed by atoms with Crippen molar-refractivity contribution < 1.29 is 26.7 Å². The maximum atomic E-state index is 11.2. The summed E-state index contributed by atoms with van der Waals surface area (Å²) in [6.45, 7) is 4.03. The van der Waals surface area contributed by atoms with E-state index in [4.69, 9.17) is 4.84 Å². The lowest BCUT2D eigenvalue weighted by Gasteiger charge is -2.36. The van der Waals surface area contributed by atoms with Crippen LogP contribution in [0.4, 0.5) is 0 Å². The normalized spacial score (nSPS) is 13.3. The Morgan fingerprint density at radius 2 is 2.05 bits per heavy atom. The summed E-state index contributed by atoms with van der Waals surface area (Å²) in [5.41, 5.74) is 4.24. The van der Waals surface area contributed by atoms with Crippen LogP contribution in [-0.4, -0.2) is 37.0 Å². The summed E-state index contributed by atoms with van der Waals surface area (Å²) in [6, 6.07) is 9.97. The SMILES string of the molecule is C=CC(=O)ON(C)[N+](C)(Cc1ccccc1)NC.[Cl-]. The second-order valence-corrected chi connectivity index (χ2v) is 4.09. The first-order valence-electron chi connectivity index (χ1n) is 5.69. The molecule has 5 nitrogen and oxygen atoms in total. The average molecular weight is 286 g/mol. The molecule has 1 N–H and O–H groups in total. The van der Waals surface area contributed by atoms with Gasteiger partial charge in [0.1, 0.15) is 13.6 Å². The number of carbonyl (C=O) groups is 1. The van der Waals surface area contributed by atoms with Crippen LogP contribution in [0, 0.1) is 0 Å². The Kier molecular flexibility index (Phi) is 7.33. The molecule has 0 saturated carbocycles. The molecule has 0 aliphatic rings. The lowest BCUT2D eigenvalue weighted by Crippen LogP contribution is -3.00. The molecule has 1 atom stereocenters. The Labute approximate surface area is 120 Å². The molecule has 0 bridgehead atoms. The van der Waals surface area contributed by atoms with Gasteiger partial charge in [-0.1, -0.05) is 36.9 Å². The Hall–Kier alpha value is -1.40. The molecule has 6 heteroatoms. The highest BCUT2D eigenvalue weighted by molar-refractivity contribution is 5.80. The lowest BCUT2D eigenvalue weighted by molar-refractivity contribution is -1.09. The first kappa shape index (κ1) is 17.6. The molecule has 0 amide bonds. The number of rotatable bonds is 6. The molecule has 0 radical (unpaired) electrons. The van der Waals surface area contributed by atoms with Crippen LogP contribution in [0.1, 0.15) is 5.56 Å². The summed E-state index contributed by atoms with van der Waals surface area (Å²) in [7, 11) is 5.41. The third-order valence-electron chi connectivity index (χ3n) is 2.83. The first-order chi connectivity index (χ1) is 8.51. The quantitative estimate of drug-likeness (QED) is 0.383. The summed E-state index contributed by atoms with van der Waals surface area (Å²) in [5.74, 6) is -0.481. The van der Waals surface area contributed by atoms with Crippen LogP contribution in [0.3, 0.4) is 0 Å². The number of carbonyl (C=O) groups excluding carboxylic acids is 1. The van der Waals surface area contributed by atoms with Crippen molar-refractivity contribution in [2.75, 3.05) is 21.1 Å². The van der Waals surface area contributed by atoms with Crippen LogP contribution in [0.15, 0.2) is 43.0 Å². The fraction of sp³-hybridized carbons (Fsp3) is 0.308. The molecule has 19 heavy (non-hydrogen) atoms. The van der Waals surface area contributed by atoms with Crippen LogP contribution in [0.5, 0.6) is 0 Å². The highest BCUT2D eigenvalue weighted by Crippen LogP contribution is 2.11. The molecule has 1 aromatic carbocycles. The number of quaternary nitrogens is 1. The Bertz CT molecular complexity index is 414. The molecule has 0 aromatic heterocycles. The van der Waals surface area contributed by atoms with Gasteiger partial charge in [0.05, 0.1) is 7.05 Å². The van der Waals surface area contributed by atoms with Crippen molar-refractivity contribution in [3.63, 3.8) is 0 Å². The van der Waals surface area contributed by atoms with Crippen molar-refractivity contribution in [1.82, 2.24) is 10.6 Å². The van der Waals surface area contributed by atoms with Gasteiger partial charge < -0.3 is 17.2 Å². The topological polar surface area (TPSA) is 41.6 Å². The van der Waals surface area contributed by atoms with E-state index >= 15 is 0 Å². The molecule has 1 aromatic rings. The Morgan fingerprint density at radius 3 is 2.53 bits per heavy atom. The molecule has 0 aliphatic carbocycles. The van der Waals surface area contributed by atoms with Crippen molar-refractivity contribution in [1.29, 1.82) is 0 Å². The van der Waals surface area contributed by atoms with Gasteiger partial charge in [0.2, 0.25) is 0 Å². The monoisotopic (exact) mass is 285 g/mol. The van der Waals surface area contributed by atoms with Gasteiger partial charge >= 0.3 is 5.97 Å². The van der Waals surface area contributed by atoms with Gasteiger partial charge in [0, 0.05) is 23.9 Å². The Balaban J connectivity index is 0.00000324. The van der Waals surface area contributed by atoms with E-state index < -0.39 is 5.97 Å². The number of nitrogens with one attached hydrogen (secondary N) is 1. The highest BCUT2D eigenvalue weighted by Gasteiger charge is 2.30. The largest absolute Gasteiger partial charge is 1.00 e. The lowest BCUT2D eigenvalue weighted by atomic mass is 10.2. The van der Waals surface area contributed by atoms with Crippen molar-refractivity contribution in [2.24, 2.45) is 0 Å². The molecular weight excluding hydrogens is 266 g/mol. The van der Waals surface area contributed by atoms with Gasteiger partial charge in [0.25, 0.3) is 0 Å². The summed E-state index contributed by atoms with van der Waals surface area (Å²) in [4.78, 5) is 16.3. The highest BCUT2D eigenvalue weighted by atomic mass is 35.5. The number of nitrogens with zero attached hydrogens (tertiary/aromatic N) is 2. The van der Waals surface area contributed by atoms with E-state index in [0.717, 1.165) is 11.6 Å². The van der Waals surface area contributed by atoms with Crippen LogP contribution in [-0.2, 0) is 16.2 Å². The van der Waals surface area contributed by atoms with E-state index in [1.807, 2.05) is 37.4 Å². The summed E-state index contributed by atoms with van der Waals surface area (Å²) in [5, 5.41) is 1.46. The fourth-order valence-corrected chi connectivity index (χ4v) is 1.52. The minimum Gasteiger partial charge on any atom is -1.00 e. The molecular formula is C13H20ClN3O2. The predicted molar refractivity (Wildman–Crippen MR) is 69.4 cm³/mol. The van der Waals surface area contributed by atoms with Gasteiger partial charge in [-0.25, -0.2) is 4.79 Å². The molecule has 1 rings (SSSR count). The van der Waals surface area contributed by atoms with Crippen molar-refractivity contribution in [3.8, 4) is 0 Å². The molecule has 0 spiro atoms. The summed E-state index contributed by atoms with van der Waals surface area (Å²) < 4.78 is 0.240. The predicted octanol–water partition coefficient (Wildman–Crippen LogP) is -1.74. The molecule has 1 unspecified atom stereocenters. The number of hydrogen-bond donors (Lipinski definition) is 1. The van der Waals surface area contributed by atoms with Crippen molar-refractivity contribution in [2.45, 2.75) is 6.54 Å². The van der Waals surface area contributed by atoms with Crippen LogP contribution in [0.25, 0.3) is 0 Å². The van der Waals surface area contributed by atoms with E-state index in [2.05, 4.69) is 12.0 Å². The minimum atomic E-state index is -0.481. The molecule has 106 valence electrons. The van der Waals surface area contributed by atoms with E-state index in [-0.39, 0.29) is 17.1 Å². The van der Waals surface area contributed by atoms with Gasteiger partial charge in [-0.3, -0.25) is 0 Å². The standard InChI is InChI=1S/C13H20N3O2.ClH/c1-5-13(17)18-15(3)16(4,14-2)11-12-9-7-6-8-10-12;/h5-10,14H,1,11H2,2-4H3;1H/q+1;/p-1. The molecule has 0 heterocycles. The molecule has 0 saturated heterocycles. The van der Waals surface area contributed by atoms with Crippen molar-refractivity contribution in [3.05, 3.63) is 48.6 Å². The van der Waals surface area contributed by atoms with E-state index in [9.17, 15) is 4.79 Å². The third-order valence-corrected chi connectivity index (χ3v) is 2.83. The maximum absolute atomic E-state index is 11.2. The van der Waals surface area contributed by atoms with Crippen LogP contribution < -0.4 is 17.8 Å². The van der Waals surface area contributed by atoms with Gasteiger partial charge in [-0.15, -0.1) is 10.1 Å². The van der Waals surface area contributed by atoms with Gasteiger partial charge in [-0.2, -0.15) is 0 Å². The average Bonchev–Trinajstić information content (AvgIpc) is 2.39. The van der Waals surface area contributed by atoms with Gasteiger partial charge in [-0.05, 0) is 0 Å². The summed E-state index contributed by atoms with van der Waals surface area (Å²) in [6.07, 6.45) is 1.14. The fourth-order valence-electron chi connectivity index (χ4n) is 1.52. The first-order valence-corrected chi connectivity index (χ1v) is 5.69. The second kappa shape index (κ2) is 7.91. The third kappa shape index (κ3) is 5.00. The van der Waals surface area contributed by atoms with E-state index in [0.29, 0.717) is 6.54 Å². The smallest absolute Gasteiger partial charge is 0.354 e. The number of benzene rings is 1. The summed E-state index contributed by atoms with van der Waals surface area (Å²) >= 11 is 0. The second-order valence-electron chi connectivity index (χ2n) is 4.09. The minimum absolute atomic E-state index is 0. The van der Waals surface area contributed by atoms with Crippen LogP contribution >= 0.6 is 0 Å². The zero-order valence-electron chi connectivity index (χ0n) is 11.5. The van der Waals surface area contributed by atoms with E-state index in [1.54, 1.807) is 14.1 Å². The maximum Gasteiger partial charge on any atom is 0.354 e. The molecule has 0 fully saturated rings. The van der Waals surface area contributed by atoms with Crippen molar-refractivity contribution >= 4 is 5.97 Å². The Morgan fingerprint density at radius 1 is 1.47 bits per heavy atom. The van der Waals surface area contributed by atoms with Gasteiger partial charge in [0.15, 0.2) is 0 Å². The van der Waals surface area contributed by atoms with Crippen LogP contribution in [0.2, 0.25) is 0 Å². The zero-order valence-corrected chi connectivity index (χ0v) is 12.2. The molecule has 0 aliphatic heterocycles. The number of halogens is 1. The zero-order chi connectivity index (χ0) is 13.6. The number of hydrogen-bond acceptors (Lipinski definition) is 4.